The lowest BCUT2D eigenvalue weighted by molar-refractivity contribution is -0.130. The molecule has 0 radical (unpaired) electrons. The van der Waals surface area contributed by atoms with Gasteiger partial charge in [0.1, 0.15) is 11.9 Å². The number of nitrogens with two attached hydrogens (primary N) is 1. The number of carbonyl (C=O) groups excluding carboxylic acids is 2. The first-order valence-electron chi connectivity index (χ1n) is 12.4. The van der Waals surface area contributed by atoms with E-state index >= 15 is 0 Å². The number of carbonyl (C=O) groups is 2. The highest BCUT2D eigenvalue weighted by atomic mass is 32.3. The summed E-state index contributed by atoms with van der Waals surface area (Å²) < 4.78 is 25.5. The van der Waals surface area contributed by atoms with E-state index < -0.39 is 40.9 Å². The smallest absolute Gasteiger partial charge is 0.293 e. The van der Waals surface area contributed by atoms with E-state index in [4.69, 9.17) is 11.1 Å². The fraction of sp³-hybridized carbons (Fsp3) is 0.250. The molecule has 0 saturated heterocycles. The van der Waals surface area contributed by atoms with Gasteiger partial charge < -0.3 is 21.5 Å². The number of benzene rings is 3. The molecule has 3 rings (SSSR count). The lowest BCUT2D eigenvalue weighted by Crippen LogP contribution is -2.56. The minimum absolute atomic E-state index is 0.0584. The van der Waals surface area contributed by atoms with Crippen molar-refractivity contribution in [2.24, 2.45) is 5.73 Å². The molecule has 0 fully saturated rings. The third-order valence-corrected chi connectivity index (χ3v) is 7.34. The van der Waals surface area contributed by atoms with Gasteiger partial charge in [0.25, 0.3) is 10.4 Å². The molecule has 11 heteroatoms. The highest BCUT2D eigenvalue weighted by Gasteiger charge is 2.35. The summed E-state index contributed by atoms with van der Waals surface area (Å²) in [5.74, 6) is -1.53. The van der Waals surface area contributed by atoms with Gasteiger partial charge in [-0.05, 0) is 28.2 Å². The van der Waals surface area contributed by atoms with Gasteiger partial charge in [-0.2, -0.15) is 4.55 Å². The molecular formula is C28H34N5O5S+. The van der Waals surface area contributed by atoms with Crippen molar-refractivity contribution in [1.29, 1.82) is 5.41 Å². The molecule has 0 saturated carbocycles. The molecule has 206 valence electrons. The van der Waals surface area contributed by atoms with Gasteiger partial charge >= 0.3 is 0 Å². The number of nitrogen functional groups attached to an aromatic ring is 1. The summed E-state index contributed by atoms with van der Waals surface area (Å²) in [7, 11) is -3.70. The van der Waals surface area contributed by atoms with E-state index in [2.05, 4.69) is 15.4 Å². The first-order valence-corrected chi connectivity index (χ1v) is 14.1. The number of amides is 2. The lowest BCUT2D eigenvalue weighted by Gasteiger charge is -2.22. The van der Waals surface area contributed by atoms with Crippen LogP contribution in [-0.2, 0) is 42.9 Å². The lowest BCUT2D eigenvalue weighted by atomic mass is 10.0. The first-order chi connectivity index (χ1) is 18.7. The second-order valence-corrected chi connectivity index (χ2v) is 10.8. The van der Waals surface area contributed by atoms with Crippen molar-refractivity contribution >= 4 is 28.0 Å². The Morgan fingerprint density at radius 2 is 1.44 bits per heavy atom. The number of aryl methyl sites for hydroxylation is 1. The zero-order chi connectivity index (χ0) is 28.3. The number of nitrogens with one attached hydrogen (secondary N) is 4. The molecule has 2 amide bonds. The minimum Gasteiger partial charge on any atom is -0.394 e. The van der Waals surface area contributed by atoms with E-state index in [1.807, 2.05) is 30.3 Å². The van der Waals surface area contributed by atoms with Crippen molar-refractivity contribution in [3.63, 3.8) is 0 Å². The molecule has 2 unspecified atom stereocenters. The summed E-state index contributed by atoms with van der Waals surface area (Å²) >= 11 is 0. The van der Waals surface area contributed by atoms with Crippen LogP contribution in [0.2, 0.25) is 0 Å². The Morgan fingerprint density at radius 1 is 0.846 bits per heavy atom. The van der Waals surface area contributed by atoms with Gasteiger partial charge in [0.15, 0.2) is 11.8 Å². The van der Waals surface area contributed by atoms with Crippen molar-refractivity contribution in [3.05, 3.63) is 107 Å². The molecule has 8 N–H and O–H groups in total. The summed E-state index contributed by atoms with van der Waals surface area (Å²) in [5.41, 5.74) is 8.38. The van der Waals surface area contributed by atoms with E-state index in [0.29, 0.717) is 17.5 Å². The van der Waals surface area contributed by atoms with Crippen LogP contribution in [0.3, 0.4) is 0 Å². The van der Waals surface area contributed by atoms with Crippen molar-refractivity contribution < 1.29 is 23.5 Å². The fourth-order valence-corrected chi connectivity index (χ4v) is 5.20. The van der Waals surface area contributed by atoms with Crippen LogP contribution in [0, 0.1) is 5.41 Å². The van der Waals surface area contributed by atoms with Crippen molar-refractivity contribution in [2.45, 2.75) is 37.2 Å². The Labute approximate surface area is 228 Å². The normalized spacial score (nSPS) is 14.0. The fourth-order valence-electron chi connectivity index (χ4n) is 3.85. The number of aliphatic hydroxyl groups is 1. The van der Waals surface area contributed by atoms with Crippen LogP contribution in [0.5, 0.6) is 0 Å². The molecule has 0 heterocycles. The molecule has 0 aromatic heterocycles. The van der Waals surface area contributed by atoms with Crippen LogP contribution < -0.4 is 21.1 Å². The van der Waals surface area contributed by atoms with Crippen LogP contribution in [0.25, 0.3) is 0 Å². The van der Waals surface area contributed by atoms with Crippen molar-refractivity contribution in [3.8, 4) is 0 Å². The average Bonchev–Trinajstić information content (AvgIpc) is 2.93. The highest BCUT2D eigenvalue weighted by molar-refractivity contribution is 7.95. The standard InChI is InChI=1S/C28H33N5O5S/c29-26(30)23-14-11-21(12-15-23)17-31-27(35)24(16-13-20-7-3-1-4-8-20)32-28(36)25(18-34)33-39(37,38)19-22-9-5-2-6-10-22/h1-12,14-15,24-25,34H,13,16-19H2,(H6-,29,30,31,32,33,35,36,37,38)/p+1/t24-,25?/m0/s1. The van der Waals surface area contributed by atoms with Gasteiger partial charge in [-0.3, -0.25) is 15.0 Å². The average molecular weight is 553 g/mol. The SMILES string of the molecule is N=C(N)c1ccc(CNC(=O)[C@H](CCc2ccccc2)NC(=O)C(CO)N[S+](=O)(O)Cc2ccccc2)cc1. The van der Waals surface area contributed by atoms with Gasteiger partial charge in [0.2, 0.25) is 11.8 Å². The van der Waals surface area contributed by atoms with Gasteiger partial charge in [-0.25, -0.2) is 0 Å². The van der Waals surface area contributed by atoms with Gasteiger partial charge in [0.05, 0.1) is 6.61 Å². The molecule has 0 bridgehead atoms. The predicted molar refractivity (Wildman–Crippen MR) is 151 cm³/mol. The number of amidine groups is 1. The van der Waals surface area contributed by atoms with Crippen LogP contribution in [-0.4, -0.2) is 46.0 Å². The maximum absolute atomic E-state index is 13.1. The monoisotopic (exact) mass is 552 g/mol. The van der Waals surface area contributed by atoms with Gasteiger partial charge in [-0.15, -0.1) is 0 Å². The quantitative estimate of drug-likeness (QED) is 0.0910. The zero-order valence-electron chi connectivity index (χ0n) is 21.4. The Hall–Kier alpha value is -3.90. The first kappa shape index (κ1) is 29.7. The van der Waals surface area contributed by atoms with Crippen LogP contribution in [0.4, 0.5) is 0 Å². The van der Waals surface area contributed by atoms with Gasteiger partial charge in [0, 0.05) is 17.7 Å². The molecule has 0 aliphatic heterocycles. The van der Waals surface area contributed by atoms with Crippen LogP contribution >= 0.6 is 0 Å². The molecule has 0 spiro atoms. The van der Waals surface area contributed by atoms with Crippen LogP contribution in [0.15, 0.2) is 84.9 Å². The molecule has 39 heavy (non-hydrogen) atoms. The summed E-state index contributed by atoms with van der Waals surface area (Å²) in [6.07, 6.45) is 0.760. The minimum atomic E-state index is -3.70. The summed E-state index contributed by atoms with van der Waals surface area (Å²) in [6, 6.07) is 22.5. The molecule has 3 atom stereocenters. The predicted octanol–water partition coefficient (Wildman–Crippen LogP) is 1.74. The molecule has 0 aliphatic carbocycles. The Kier molecular flexibility index (Phi) is 10.9. The van der Waals surface area contributed by atoms with E-state index in [0.717, 1.165) is 11.1 Å². The second-order valence-electron chi connectivity index (χ2n) is 9.04. The van der Waals surface area contributed by atoms with Gasteiger partial charge in [-0.1, -0.05) is 89.7 Å². The summed E-state index contributed by atoms with van der Waals surface area (Å²) in [4.78, 5) is 26.1. The maximum atomic E-state index is 13.1. The Balaban J connectivity index is 1.67. The van der Waals surface area contributed by atoms with Crippen molar-refractivity contribution in [1.82, 2.24) is 15.4 Å². The molecule has 3 aromatic rings. The number of hydrogen-bond donors (Lipinski definition) is 7. The van der Waals surface area contributed by atoms with E-state index in [-0.39, 0.29) is 24.6 Å². The van der Waals surface area contributed by atoms with Crippen molar-refractivity contribution in [2.75, 3.05) is 6.61 Å². The van der Waals surface area contributed by atoms with E-state index in [1.165, 1.54) is 0 Å². The second kappa shape index (κ2) is 14.3. The molecular weight excluding hydrogens is 518 g/mol. The summed E-state index contributed by atoms with van der Waals surface area (Å²) in [6.45, 7) is -0.564. The number of aliphatic hydroxyl groups excluding tert-OH is 1. The molecule has 10 nitrogen and oxygen atoms in total. The maximum Gasteiger partial charge on any atom is 0.293 e. The van der Waals surface area contributed by atoms with E-state index in [9.17, 15) is 23.5 Å². The third kappa shape index (κ3) is 9.73. The largest absolute Gasteiger partial charge is 0.394 e. The number of rotatable bonds is 14. The molecule has 3 aromatic carbocycles. The Bertz CT molecular complexity index is 1290. The zero-order valence-corrected chi connectivity index (χ0v) is 22.2. The highest BCUT2D eigenvalue weighted by Crippen LogP contribution is 2.11. The third-order valence-electron chi connectivity index (χ3n) is 5.96. The topological polar surface area (TPSA) is 178 Å². The Morgan fingerprint density at radius 3 is 2.00 bits per heavy atom. The van der Waals surface area contributed by atoms with E-state index in [1.54, 1.807) is 54.6 Å². The molecule has 0 aliphatic rings. The van der Waals surface area contributed by atoms with Crippen LogP contribution in [0.1, 0.15) is 28.7 Å². The number of hydrogen-bond acceptors (Lipinski definition) is 5. The summed E-state index contributed by atoms with van der Waals surface area (Å²) in [5, 5.41) is 22.7.